The van der Waals surface area contributed by atoms with Crippen molar-refractivity contribution in [3.63, 3.8) is 0 Å². The highest BCUT2D eigenvalue weighted by Gasteiger charge is 2.13. The fraction of sp³-hybridized carbons (Fsp3) is 0.0500. The Hall–Kier alpha value is -3.25. The van der Waals surface area contributed by atoms with E-state index in [2.05, 4.69) is 0 Å². The molecule has 5 nitrogen and oxygen atoms in total. The van der Waals surface area contributed by atoms with Crippen LogP contribution in [0.3, 0.4) is 0 Å². The van der Waals surface area contributed by atoms with E-state index in [0.29, 0.717) is 21.8 Å². The number of esters is 2. The SMILES string of the molecule is O=C(COC(=O)c1cccs1)c1ccc(OC(=O)c2ccccc2)cc1. The summed E-state index contributed by atoms with van der Waals surface area (Å²) < 4.78 is 10.2. The van der Waals surface area contributed by atoms with Crippen LogP contribution in [0.15, 0.2) is 72.1 Å². The molecule has 0 bridgehead atoms. The van der Waals surface area contributed by atoms with Crippen molar-refractivity contribution < 1.29 is 23.9 Å². The molecule has 0 aliphatic heterocycles. The molecule has 0 saturated carbocycles. The predicted molar refractivity (Wildman–Crippen MR) is 96.8 cm³/mol. The molecule has 0 fully saturated rings. The first-order valence-corrected chi connectivity index (χ1v) is 8.62. The molecule has 0 atom stereocenters. The Labute approximate surface area is 153 Å². The number of Topliss-reactive ketones (excluding diaryl/α,β-unsaturated/α-hetero) is 1. The molecule has 0 aliphatic rings. The van der Waals surface area contributed by atoms with E-state index in [4.69, 9.17) is 9.47 Å². The van der Waals surface area contributed by atoms with Crippen LogP contribution in [0, 0.1) is 0 Å². The molecule has 26 heavy (non-hydrogen) atoms. The molecule has 3 rings (SSSR count). The number of benzene rings is 2. The van der Waals surface area contributed by atoms with E-state index in [0.717, 1.165) is 0 Å². The third-order valence-electron chi connectivity index (χ3n) is 3.45. The van der Waals surface area contributed by atoms with Crippen LogP contribution >= 0.6 is 11.3 Å². The van der Waals surface area contributed by atoms with E-state index in [1.807, 2.05) is 6.07 Å². The van der Waals surface area contributed by atoms with Gasteiger partial charge in [-0.25, -0.2) is 9.59 Å². The van der Waals surface area contributed by atoms with Gasteiger partial charge in [0.15, 0.2) is 12.4 Å². The van der Waals surface area contributed by atoms with E-state index in [1.165, 1.54) is 35.6 Å². The minimum absolute atomic E-state index is 0.325. The minimum Gasteiger partial charge on any atom is -0.453 e. The minimum atomic E-state index is -0.526. The zero-order chi connectivity index (χ0) is 18.4. The predicted octanol–water partition coefficient (Wildman–Crippen LogP) is 4.01. The van der Waals surface area contributed by atoms with Gasteiger partial charge in [-0.05, 0) is 47.8 Å². The van der Waals surface area contributed by atoms with Gasteiger partial charge in [0.2, 0.25) is 0 Å². The molecule has 2 aromatic carbocycles. The normalized spacial score (nSPS) is 10.2. The number of ketones is 1. The third kappa shape index (κ3) is 4.43. The second kappa shape index (κ2) is 8.22. The number of hydrogen-bond donors (Lipinski definition) is 0. The lowest BCUT2D eigenvalue weighted by atomic mass is 10.1. The molecule has 0 amide bonds. The Morgan fingerprint density at radius 1 is 0.769 bits per heavy atom. The number of rotatable bonds is 6. The van der Waals surface area contributed by atoms with E-state index in [1.54, 1.807) is 41.8 Å². The molecule has 3 aromatic rings. The smallest absolute Gasteiger partial charge is 0.348 e. The summed E-state index contributed by atoms with van der Waals surface area (Å²) in [5, 5.41) is 1.76. The van der Waals surface area contributed by atoms with Gasteiger partial charge in [0.1, 0.15) is 10.6 Å². The summed E-state index contributed by atoms with van der Waals surface area (Å²) in [6.07, 6.45) is 0. The third-order valence-corrected chi connectivity index (χ3v) is 4.30. The molecule has 1 heterocycles. The fourth-order valence-corrected chi connectivity index (χ4v) is 2.75. The van der Waals surface area contributed by atoms with Gasteiger partial charge in [-0.1, -0.05) is 24.3 Å². The van der Waals surface area contributed by atoms with E-state index < -0.39 is 11.9 Å². The zero-order valence-corrected chi connectivity index (χ0v) is 14.4. The van der Waals surface area contributed by atoms with E-state index >= 15 is 0 Å². The van der Waals surface area contributed by atoms with Crippen molar-refractivity contribution >= 4 is 29.1 Å². The van der Waals surface area contributed by atoms with Gasteiger partial charge in [-0.2, -0.15) is 0 Å². The van der Waals surface area contributed by atoms with Gasteiger partial charge in [0.25, 0.3) is 0 Å². The summed E-state index contributed by atoms with van der Waals surface area (Å²) in [7, 11) is 0. The topological polar surface area (TPSA) is 69.7 Å². The molecule has 0 saturated heterocycles. The van der Waals surface area contributed by atoms with Crippen LogP contribution in [-0.4, -0.2) is 24.3 Å². The van der Waals surface area contributed by atoms with Crippen LogP contribution in [0.4, 0.5) is 0 Å². The quantitative estimate of drug-likeness (QED) is 0.375. The Morgan fingerprint density at radius 3 is 2.15 bits per heavy atom. The summed E-state index contributed by atoms with van der Waals surface area (Å²) in [4.78, 5) is 36.2. The second-order valence-electron chi connectivity index (χ2n) is 5.26. The summed E-state index contributed by atoms with van der Waals surface area (Å²) in [6, 6.07) is 18.1. The molecule has 6 heteroatoms. The highest BCUT2D eigenvalue weighted by molar-refractivity contribution is 7.11. The van der Waals surface area contributed by atoms with Crippen LogP contribution in [0.1, 0.15) is 30.4 Å². The average molecular weight is 366 g/mol. The van der Waals surface area contributed by atoms with Crippen LogP contribution in [0.5, 0.6) is 5.75 Å². The maximum Gasteiger partial charge on any atom is 0.348 e. The molecule has 0 spiro atoms. The lowest BCUT2D eigenvalue weighted by Gasteiger charge is -2.06. The van der Waals surface area contributed by atoms with Crippen molar-refractivity contribution in [3.8, 4) is 5.75 Å². The standard InChI is InChI=1S/C20H14O5S/c21-17(13-24-20(23)18-7-4-12-26-18)14-8-10-16(11-9-14)25-19(22)15-5-2-1-3-6-15/h1-12H,13H2. The molecular weight excluding hydrogens is 352 g/mol. The number of carbonyl (C=O) groups excluding carboxylic acids is 3. The van der Waals surface area contributed by atoms with Gasteiger partial charge in [0, 0.05) is 5.56 Å². The zero-order valence-electron chi connectivity index (χ0n) is 13.6. The van der Waals surface area contributed by atoms with Gasteiger partial charge < -0.3 is 9.47 Å². The lowest BCUT2D eigenvalue weighted by Crippen LogP contribution is -2.13. The van der Waals surface area contributed by atoms with Gasteiger partial charge >= 0.3 is 11.9 Å². The number of carbonyl (C=O) groups is 3. The van der Waals surface area contributed by atoms with Crippen LogP contribution in [0.2, 0.25) is 0 Å². The Balaban J connectivity index is 1.56. The van der Waals surface area contributed by atoms with Crippen LogP contribution in [-0.2, 0) is 4.74 Å². The fourth-order valence-electron chi connectivity index (χ4n) is 2.13. The highest BCUT2D eigenvalue weighted by Crippen LogP contribution is 2.15. The van der Waals surface area contributed by atoms with E-state index in [-0.39, 0.29) is 12.4 Å². The van der Waals surface area contributed by atoms with Crippen molar-refractivity contribution in [3.05, 3.63) is 88.1 Å². The van der Waals surface area contributed by atoms with Crippen molar-refractivity contribution in [1.29, 1.82) is 0 Å². The maximum atomic E-state index is 12.1. The largest absolute Gasteiger partial charge is 0.453 e. The van der Waals surface area contributed by atoms with Gasteiger partial charge in [-0.3, -0.25) is 4.79 Å². The van der Waals surface area contributed by atoms with Crippen LogP contribution in [0.25, 0.3) is 0 Å². The van der Waals surface area contributed by atoms with E-state index in [9.17, 15) is 14.4 Å². The highest BCUT2D eigenvalue weighted by atomic mass is 32.1. The molecular formula is C20H14O5S. The van der Waals surface area contributed by atoms with Crippen LogP contribution < -0.4 is 4.74 Å². The Kier molecular flexibility index (Phi) is 5.56. The van der Waals surface area contributed by atoms with Gasteiger partial charge in [0.05, 0.1) is 5.56 Å². The molecule has 1 aromatic heterocycles. The summed E-state index contributed by atoms with van der Waals surface area (Å²) in [5.41, 5.74) is 0.802. The lowest BCUT2D eigenvalue weighted by molar-refractivity contribution is 0.0479. The Bertz CT molecular complexity index is 899. The molecule has 0 radical (unpaired) electrons. The molecule has 0 unspecified atom stereocenters. The first kappa shape index (κ1) is 17.6. The van der Waals surface area contributed by atoms with Crippen molar-refractivity contribution in [2.45, 2.75) is 0 Å². The molecule has 0 N–H and O–H groups in total. The number of ether oxygens (including phenoxy) is 2. The number of hydrogen-bond acceptors (Lipinski definition) is 6. The molecule has 130 valence electrons. The van der Waals surface area contributed by atoms with Crippen molar-refractivity contribution in [2.75, 3.05) is 6.61 Å². The Morgan fingerprint density at radius 2 is 1.50 bits per heavy atom. The van der Waals surface area contributed by atoms with Crippen molar-refractivity contribution in [2.24, 2.45) is 0 Å². The van der Waals surface area contributed by atoms with Gasteiger partial charge in [-0.15, -0.1) is 11.3 Å². The van der Waals surface area contributed by atoms with Crippen molar-refractivity contribution in [1.82, 2.24) is 0 Å². The monoisotopic (exact) mass is 366 g/mol. The number of thiophene rings is 1. The average Bonchev–Trinajstić information content (AvgIpc) is 3.22. The second-order valence-corrected chi connectivity index (χ2v) is 6.20. The molecule has 0 aliphatic carbocycles. The summed E-state index contributed by atoms with van der Waals surface area (Å²) >= 11 is 1.25. The maximum absolute atomic E-state index is 12.1. The first-order valence-electron chi connectivity index (χ1n) is 7.74. The summed E-state index contributed by atoms with van der Waals surface area (Å²) in [6.45, 7) is -0.347. The summed E-state index contributed by atoms with van der Waals surface area (Å²) in [5.74, 6) is -1.02. The first-order chi connectivity index (χ1) is 12.6.